The fourth-order valence-corrected chi connectivity index (χ4v) is 1.08. The zero-order chi connectivity index (χ0) is 11.5. The number of aliphatic hydroxyl groups excluding tert-OH is 1. The molecule has 84 valence electrons. The van der Waals surface area contributed by atoms with Crippen LogP contribution in [0.1, 0.15) is 26.3 Å². The first kappa shape index (κ1) is 11.9. The summed E-state index contributed by atoms with van der Waals surface area (Å²) in [6.45, 7) is 6.65. The summed E-state index contributed by atoms with van der Waals surface area (Å²) in [4.78, 5) is 0. The van der Waals surface area contributed by atoms with Crippen LogP contribution in [0, 0.1) is 5.41 Å². The molecule has 0 atom stereocenters. The first-order valence-corrected chi connectivity index (χ1v) is 4.98. The van der Waals surface area contributed by atoms with Crippen molar-refractivity contribution in [1.82, 2.24) is 0 Å². The fourth-order valence-electron chi connectivity index (χ4n) is 1.08. The summed E-state index contributed by atoms with van der Waals surface area (Å²) in [5.74, 6) is 0.535. The monoisotopic (exact) mass is 210 g/mol. The maximum atomic E-state index is 9.58. The van der Waals surface area contributed by atoms with Crippen LogP contribution in [-0.2, 0) is 6.61 Å². The van der Waals surface area contributed by atoms with E-state index in [1.165, 1.54) is 6.07 Å². The van der Waals surface area contributed by atoms with Gasteiger partial charge in [0, 0.05) is 0 Å². The number of benzene rings is 1. The van der Waals surface area contributed by atoms with Gasteiger partial charge in [0.25, 0.3) is 0 Å². The molecule has 0 bridgehead atoms. The molecule has 0 fully saturated rings. The summed E-state index contributed by atoms with van der Waals surface area (Å²) in [6, 6.07) is 4.92. The van der Waals surface area contributed by atoms with Gasteiger partial charge in [0.1, 0.15) is 0 Å². The quantitative estimate of drug-likeness (QED) is 0.804. The second-order valence-electron chi connectivity index (χ2n) is 4.81. The molecule has 0 aliphatic rings. The van der Waals surface area contributed by atoms with Gasteiger partial charge < -0.3 is 14.9 Å². The predicted molar refractivity (Wildman–Crippen MR) is 59.0 cm³/mol. The Labute approximate surface area is 90.3 Å². The van der Waals surface area contributed by atoms with Gasteiger partial charge in [-0.15, -0.1) is 0 Å². The lowest BCUT2D eigenvalue weighted by Gasteiger charge is -2.19. The van der Waals surface area contributed by atoms with E-state index in [2.05, 4.69) is 20.8 Å². The Kier molecular flexibility index (Phi) is 3.58. The van der Waals surface area contributed by atoms with E-state index < -0.39 is 0 Å². The van der Waals surface area contributed by atoms with Crippen molar-refractivity contribution in [3.63, 3.8) is 0 Å². The number of phenolic OH excluding ortho intramolecular Hbond substituents is 1. The largest absolute Gasteiger partial charge is 0.504 e. The molecule has 0 heterocycles. The van der Waals surface area contributed by atoms with E-state index in [4.69, 9.17) is 9.84 Å². The predicted octanol–water partition coefficient (Wildman–Crippen LogP) is 2.31. The highest BCUT2D eigenvalue weighted by atomic mass is 16.5. The zero-order valence-electron chi connectivity index (χ0n) is 9.45. The van der Waals surface area contributed by atoms with Crippen LogP contribution < -0.4 is 4.74 Å². The Bertz CT molecular complexity index is 326. The van der Waals surface area contributed by atoms with E-state index in [9.17, 15) is 5.11 Å². The number of hydrogen-bond donors (Lipinski definition) is 2. The van der Waals surface area contributed by atoms with Gasteiger partial charge >= 0.3 is 0 Å². The molecule has 0 aromatic heterocycles. The molecule has 0 aliphatic carbocycles. The highest BCUT2D eigenvalue weighted by Crippen LogP contribution is 2.28. The van der Waals surface area contributed by atoms with E-state index >= 15 is 0 Å². The number of rotatable bonds is 3. The van der Waals surface area contributed by atoms with Crippen molar-refractivity contribution in [2.24, 2.45) is 5.41 Å². The summed E-state index contributed by atoms with van der Waals surface area (Å²) in [5, 5.41) is 18.4. The molecular formula is C12H18O3. The molecule has 0 amide bonds. The Balaban J connectivity index is 2.70. The minimum absolute atomic E-state index is 0.0576. The number of aromatic hydroxyl groups is 1. The average molecular weight is 210 g/mol. The van der Waals surface area contributed by atoms with Gasteiger partial charge in [-0.1, -0.05) is 26.8 Å². The van der Waals surface area contributed by atoms with E-state index in [1.54, 1.807) is 12.1 Å². The lowest BCUT2D eigenvalue weighted by molar-refractivity contribution is 0.192. The summed E-state index contributed by atoms with van der Waals surface area (Å²) < 4.78 is 5.47. The van der Waals surface area contributed by atoms with Gasteiger partial charge in [0.15, 0.2) is 11.5 Å². The normalized spacial score (nSPS) is 11.5. The number of hydrogen-bond acceptors (Lipinski definition) is 3. The van der Waals surface area contributed by atoms with Gasteiger partial charge in [0.2, 0.25) is 0 Å². The van der Waals surface area contributed by atoms with Crippen LogP contribution in [0.25, 0.3) is 0 Å². The Morgan fingerprint density at radius 2 is 1.93 bits per heavy atom. The SMILES string of the molecule is CC(C)(C)COc1ccc(CO)cc1O. The third-order valence-electron chi connectivity index (χ3n) is 1.87. The van der Waals surface area contributed by atoms with Crippen LogP contribution in [-0.4, -0.2) is 16.8 Å². The molecule has 3 heteroatoms. The summed E-state index contributed by atoms with van der Waals surface area (Å²) in [6.07, 6.45) is 0. The van der Waals surface area contributed by atoms with Gasteiger partial charge in [-0.3, -0.25) is 0 Å². The number of ether oxygens (including phenoxy) is 1. The molecule has 2 N–H and O–H groups in total. The van der Waals surface area contributed by atoms with Crippen molar-refractivity contribution in [2.75, 3.05) is 6.61 Å². The van der Waals surface area contributed by atoms with E-state index in [0.717, 1.165) is 0 Å². The number of aliphatic hydroxyl groups is 1. The van der Waals surface area contributed by atoms with Crippen molar-refractivity contribution in [3.05, 3.63) is 23.8 Å². The zero-order valence-corrected chi connectivity index (χ0v) is 9.45. The van der Waals surface area contributed by atoms with Crippen LogP contribution in [0.15, 0.2) is 18.2 Å². The van der Waals surface area contributed by atoms with Crippen LogP contribution in [0.5, 0.6) is 11.5 Å². The highest BCUT2D eigenvalue weighted by molar-refractivity contribution is 5.41. The third-order valence-corrected chi connectivity index (χ3v) is 1.87. The van der Waals surface area contributed by atoms with Gasteiger partial charge in [-0.2, -0.15) is 0 Å². The van der Waals surface area contributed by atoms with Gasteiger partial charge in [0.05, 0.1) is 13.2 Å². The molecule has 0 spiro atoms. The molecule has 0 aliphatic heterocycles. The molecule has 1 rings (SSSR count). The minimum atomic E-state index is -0.0763. The lowest BCUT2D eigenvalue weighted by atomic mass is 9.99. The molecule has 0 saturated carbocycles. The molecule has 0 radical (unpaired) electrons. The highest BCUT2D eigenvalue weighted by Gasteiger charge is 2.12. The summed E-state index contributed by atoms with van der Waals surface area (Å²) in [5.41, 5.74) is 0.734. The molecule has 1 aromatic carbocycles. The molecular weight excluding hydrogens is 192 g/mol. The lowest BCUT2D eigenvalue weighted by Crippen LogP contribution is -2.16. The van der Waals surface area contributed by atoms with Crippen LogP contribution >= 0.6 is 0 Å². The summed E-state index contributed by atoms with van der Waals surface area (Å²) >= 11 is 0. The smallest absolute Gasteiger partial charge is 0.160 e. The van der Waals surface area contributed by atoms with Crippen molar-refractivity contribution in [1.29, 1.82) is 0 Å². The first-order chi connectivity index (χ1) is 6.92. The molecule has 1 aromatic rings. The van der Waals surface area contributed by atoms with Crippen molar-refractivity contribution >= 4 is 0 Å². The molecule has 15 heavy (non-hydrogen) atoms. The van der Waals surface area contributed by atoms with Crippen LogP contribution in [0.4, 0.5) is 0 Å². The Hall–Kier alpha value is -1.22. The molecule has 3 nitrogen and oxygen atoms in total. The maximum absolute atomic E-state index is 9.58. The standard InChI is InChI=1S/C12H18O3/c1-12(2,3)8-15-11-5-4-9(7-13)6-10(11)14/h4-6,13-14H,7-8H2,1-3H3. The fraction of sp³-hybridized carbons (Fsp3) is 0.500. The number of phenols is 1. The molecule has 0 unspecified atom stereocenters. The second-order valence-corrected chi connectivity index (χ2v) is 4.81. The third kappa shape index (κ3) is 3.80. The van der Waals surface area contributed by atoms with Crippen molar-refractivity contribution in [3.8, 4) is 11.5 Å². The second kappa shape index (κ2) is 4.53. The molecule has 0 saturated heterocycles. The van der Waals surface area contributed by atoms with E-state index in [1.807, 2.05) is 0 Å². The van der Waals surface area contributed by atoms with Crippen molar-refractivity contribution < 1.29 is 14.9 Å². The minimum Gasteiger partial charge on any atom is -0.504 e. The topological polar surface area (TPSA) is 49.7 Å². The first-order valence-electron chi connectivity index (χ1n) is 4.98. The Morgan fingerprint density at radius 1 is 1.27 bits per heavy atom. The van der Waals surface area contributed by atoms with E-state index in [0.29, 0.717) is 17.9 Å². The van der Waals surface area contributed by atoms with E-state index in [-0.39, 0.29) is 17.8 Å². The van der Waals surface area contributed by atoms with Gasteiger partial charge in [-0.25, -0.2) is 0 Å². The van der Waals surface area contributed by atoms with Gasteiger partial charge in [-0.05, 0) is 23.1 Å². The van der Waals surface area contributed by atoms with Crippen molar-refractivity contribution in [2.45, 2.75) is 27.4 Å². The maximum Gasteiger partial charge on any atom is 0.160 e. The van der Waals surface area contributed by atoms with Crippen LogP contribution in [0.3, 0.4) is 0 Å². The average Bonchev–Trinajstić information content (AvgIpc) is 2.14. The Morgan fingerprint density at radius 3 is 2.40 bits per heavy atom. The van der Waals surface area contributed by atoms with Crippen LogP contribution in [0.2, 0.25) is 0 Å². The summed E-state index contributed by atoms with van der Waals surface area (Å²) in [7, 11) is 0.